The molecule has 0 bridgehead atoms. The summed E-state index contributed by atoms with van der Waals surface area (Å²) in [5.74, 6) is 0. The molecular weight excluding hydrogens is 817 g/mol. The molecule has 0 atom stereocenters. The average Bonchev–Trinajstić information content (AvgIpc) is 3.69. The van der Waals surface area contributed by atoms with Gasteiger partial charge in [-0.3, -0.25) is 0 Å². The molecule has 0 aliphatic carbocycles. The number of benzene rings is 6. The van der Waals surface area contributed by atoms with Crippen LogP contribution in [0.5, 0.6) is 0 Å². The lowest BCUT2D eigenvalue weighted by molar-refractivity contribution is -0.142. The van der Waals surface area contributed by atoms with E-state index in [1.807, 2.05) is 51.6 Å². The molecule has 0 fully saturated rings. The van der Waals surface area contributed by atoms with E-state index in [4.69, 9.17) is 0 Å². The average molecular weight is 870 g/mol. The van der Waals surface area contributed by atoms with Gasteiger partial charge in [-0.15, -0.1) is 0 Å². The van der Waals surface area contributed by atoms with Crippen molar-refractivity contribution >= 4 is 43.6 Å². The van der Waals surface area contributed by atoms with Gasteiger partial charge < -0.3 is 9.13 Å². The summed E-state index contributed by atoms with van der Waals surface area (Å²) >= 11 is 0. The molecule has 0 unspecified atom stereocenters. The van der Waals surface area contributed by atoms with Gasteiger partial charge in [-0.25, -0.2) is 0 Å². The van der Waals surface area contributed by atoms with Crippen LogP contribution in [0.25, 0.3) is 66.1 Å². The van der Waals surface area contributed by atoms with Crippen molar-refractivity contribution in [3.8, 4) is 28.6 Å². The zero-order chi connectivity index (χ0) is 46.9. The molecule has 64 heavy (non-hydrogen) atoms. The molecule has 8 aromatic rings. The first-order valence-electron chi connectivity index (χ1n) is 21.5. The topological polar surface area (TPSA) is 33.6 Å². The van der Waals surface area contributed by atoms with Crippen molar-refractivity contribution in [2.24, 2.45) is 0 Å². The fourth-order valence-electron chi connectivity index (χ4n) is 8.98. The lowest BCUT2D eigenvalue weighted by atomic mass is 9.85. The summed E-state index contributed by atoms with van der Waals surface area (Å²) in [6.45, 7) is 25.5. The van der Waals surface area contributed by atoms with Crippen LogP contribution in [0.4, 0.5) is 26.3 Å². The normalized spacial score (nSPS) is 13.5. The first-order valence-corrected chi connectivity index (χ1v) is 21.5. The van der Waals surface area contributed by atoms with Crippen molar-refractivity contribution < 1.29 is 26.3 Å². The van der Waals surface area contributed by atoms with Gasteiger partial charge in [0.2, 0.25) is 0 Å². The van der Waals surface area contributed by atoms with E-state index in [1.54, 1.807) is 0 Å². The van der Waals surface area contributed by atoms with Gasteiger partial charge >= 0.3 is 12.4 Å². The highest BCUT2D eigenvalue weighted by molar-refractivity contribution is 6.12. The molecule has 9 heteroatoms. The Hall–Kier alpha value is -6.01. The summed E-state index contributed by atoms with van der Waals surface area (Å²) < 4.78 is 94.1. The second kappa shape index (κ2) is 14.5. The summed E-state index contributed by atoms with van der Waals surface area (Å²) in [4.78, 5) is 0. The Bertz CT molecular complexity index is 3050. The highest BCUT2D eigenvalue weighted by Crippen LogP contribution is 2.49. The molecule has 2 aromatic heterocycles. The fourth-order valence-corrected chi connectivity index (χ4v) is 8.98. The molecule has 0 spiro atoms. The summed E-state index contributed by atoms with van der Waals surface area (Å²) in [6, 6.07) is 31.7. The third kappa shape index (κ3) is 7.53. The van der Waals surface area contributed by atoms with E-state index in [1.165, 1.54) is 12.1 Å². The monoisotopic (exact) mass is 869 g/mol. The number of halogens is 6. The van der Waals surface area contributed by atoms with E-state index in [2.05, 4.69) is 119 Å². The van der Waals surface area contributed by atoms with Crippen molar-refractivity contribution in [3.63, 3.8) is 0 Å². The van der Waals surface area contributed by atoms with E-state index in [-0.39, 0.29) is 27.2 Å². The Morgan fingerprint density at radius 3 is 0.969 bits per heavy atom. The molecule has 3 nitrogen and oxygen atoms in total. The van der Waals surface area contributed by atoms with Gasteiger partial charge in [-0.1, -0.05) is 113 Å². The predicted octanol–water partition coefficient (Wildman–Crippen LogP) is 16.6. The van der Waals surface area contributed by atoms with Gasteiger partial charge in [0, 0.05) is 32.7 Å². The minimum Gasteiger partial charge on any atom is -0.307 e. The molecule has 0 aliphatic heterocycles. The zero-order valence-corrected chi connectivity index (χ0v) is 38.4. The van der Waals surface area contributed by atoms with Gasteiger partial charge in [0.25, 0.3) is 0 Å². The Kier molecular flexibility index (Phi) is 10.1. The van der Waals surface area contributed by atoms with Crippen LogP contribution in [-0.2, 0) is 34.0 Å². The number of rotatable bonds is 3. The molecule has 330 valence electrons. The van der Waals surface area contributed by atoms with E-state index in [9.17, 15) is 5.26 Å². The summed E-state index contributed by atoms with van der Waals surface area (Å²) in [5.41, 5.74) is 2.19. The third-order valence-corrected chi connectivity index (χ3v) is 12.7. The maximum atomic E-state index is 15.0. The van der Waals surface area contributed by atoms with Crippen molar-refractivity contribution in [3.05, 3.63) is 142 Å². The second-order valence-corrected chi connectivity index (χ2v) is 21.3. The van der Waals surface area contributed by atoms with Gasteiger partial charge in [0.15, 0.2) is 0 Å². The van der Waals surface area contributed by atoms with Crippen LogP contribution in [0, 0.1) is 11.3 Å². The lowest BCUT2D eigenvalue weighted by Crippen LogP contribution is -2.15. The molecular formula is C55H53F6N3. The van der Waals surface area contributed by atoms with Crippen molar-refractivity contribution in [2.45, 2.75) is 117 Å². The van der Waals surface area contributed by atoms with Gasteiger partial charge in [0.05, 0.1) is 56.2 Å². The molecule has 0 N–H and O–H groups in total. The van der Waals surface area contributed by atoms with Crippen LogP contribution >= 0.6 is 0 Å². The smallest absolute Gasteiger partial charge is 0.307 e. The number of hydrogen-bond acceptors (Lipinski definition) is 1. The number of nitrogens with zero attached hydrogens (tertiary/aromatic N) is 3. The number of nitriles is 1. The number of fused-ring (bicyclic) bond motifs is 6. The van der Waals surface area contributed by atoms with Gasteiger partial charge in [-0.2, -0.15) is 31.6 Å². The maximum Gasteiger partial charge on any atom is 0.417 e. The van der Waals surface area contributed by atoms with Gasteiger partial charge in [-0.05, 0) is 117 Å². The minimum atomic E-state index is -5.18. The summed E-state index contributed by atoms with van der Waals surface area (Å²) in [6.07, 6.45) is -10.4. The molecule has 0 saturated carbocycles. The molecule has 6 aromatic carbocycles. The van der Waals surface area contributed by atoms with E-state index in [0.29, 0.717) is 34.5 Å². The molecule has 0 amide bonds. The number of alkyl halides is 6. The van der Waals surface area contributed by atoms with Crippen LogP contribution < -0.4 is 0 Å². The van der Waals surface area contributed by atoms with E-state index in [0.717, 1.165) is 60.9 Å². The number of hydrogen-bond donors (Lipinski definition) is 0. The van der Waals surface area contributed by atoms with Crippen LogP contribution in [0.3, 0.4) is 0 Å². The molecule has 0 radical (unpaired) electrons. The van der Waals surface area contributed by atoms with Crippen molar-refractivity contribution in [1.82, 2.24) is 9.13 Å². The van der Waals surface area contributed by atoms with Crippen LogP contribution in [-0.4, -0.2) is 9.13 Å². The highest BCUT2D eigenvalue weighted by atomic mass is 19.4. The van der Waals surface area contributed by atoms with Crippen LogP contribution in [0.1, 0.15) is 122 Å². The quantitative estimate of drug-likeness (QED) is 0.163. The fraction of sp³-hybridized carbons (Fsp3) is 0.327. The van der Waals surface area contributed by atoms with E-state index >= 15 is 26.3 Å². The van der Waals surface area contributed by atoms with Crippen LogP contribution in [0.15, 0.2) is 103 Å². The maximum absolute atomic E-state index is 15.0. The molecule has 2 heterocycles. The molecule has 0 aliphatic rings. The summed E-state index contributed by atoms with van der Waals surface area (Å²) in [5, 5.41) is 14.5. The second-order valence-electron chi connectivity index (χ2n) is 21.3. The predicted molar refractivity (Wildman–Crippen MR) is 250 cm³/mol. The Labute approximate surface area is 370 Å². The van der Waals surface area contributed by atoms with Crippen LogP contribution in [0.2, 0.25) is 0 Å². The largest absolute Gasteiger partial charge is 0.417 e. The lowest BCUT2D eigenvalue weighted by Gasteiger charge is -2.24. The highest BCUT2D eigenvalue weighted by Gasteiger charge is 2.42. The molecule has 0 saturated heterocycles. The number of aromatic nitrogens is 2. The molecule has 8 rings (SSSR count). The first-order chi connectivity index (χ1) is 29.5. The standard InChI is InChI=1S/C55H53F6N3/c1-50(2,3)32-16-20-43-37(25-32)38-26-33(51(4,5)6)17-21-44(38)63(43)47-24-31(30-62)36(49-41(54(56,57)58)14-13-15-42(49)55(59,60)61)29-48(47)64-45-22-18-34(52(7,8)9)27-39(45)40-28-35(53(10,11)12)19-23-46(40)64/h13-29H,1-12H3. The zero-order valence-electron chi connectivity index (χ0n) is 38.4. The Morgan fingerprint density at radius 2 is 0.703 bits per heavy atom. The SMILES string of the molecule is CC(C)(C)c1ccc2c(c1)c1cc(C(C)(C)C)ccc1n2-c1cc(C#N)c(-c2c(C(F)(F)F)cccc2C(F)(F)F)cc1-n1c2ccc(C(C)(C)C)cc2c2cc(C(C)(C)C)ccc21. The van der Waals surface area contributed by atoms with Crippen molar-refractivity contribution in [1.29, 1.82) is 5.26 Å². The van der Waals surface area contributed by atoms with Crippen molar-refractivity contribution in [2.75, 3.05) is 0 Å². The van der Waals surface area contributed by atoms with Gasteiger partial charge in [0.1, 0.15) is 0 Å². The summed E-state index contributed by atoms with van der Waals surface area (Å²) in [7, 11) is 0. The third-order valence-electron chi connectivity index (χ3n) is 12.7. The van der Waals surface area contributed by atoms with E-state index < -0.39 is 34.6 Å². The Morgan fingerprint density at radius 1 is 0.406 bits per heavy atom. The Balaban J connectivity index is 1.63. The first kappa shape index (κ1) is 44.6. The minimum absolute atomic E-state index is 0.214.